The molecule has 1 fully saturated rings. The van der Waals surface area contributed by atoms with Gasteiger partial charge < -0.3 is 4.74 Å². The lowest BCUT2D eigenvalue weighted by atomic mass is 9.87. The summed E-state index contributed by atoms with van der Waals surface area (Å²) in [6.07, 6.45) is 6.77. The van der Waals surface area contributed by atoms with E-state index in [2.05, 4.69) is 0 Å². The third-order valence-corrected chi connectivity index (χ3v) is 3.52. The standard InChI is InChI=1S/C16H16FNO2/c17-14-7-5-13(6-8-14)16(19)20-15-9-3-12(4-10-15)2-1-11-18/h1-2,5-8,12,15H,3-4,9-10H2/b2-1+/t12-,15-. The van der Waals surface area contributed by atoms with E-state index >= 15 is 0 Å². The van der Waals surface area contributed by atoms with Gasteiger partial charge in [0.05, 0.1) is 11.6 Å². The van der Waals surface area contributed by atoms with Crippen LogP contribution in [0.5, 0.6) is 0 Å². The van der Waals surface area contributed by atoms with Crippen molar-refractivity contribution in [3.63, 3.8) is 0 Å². The van der Waals surface area contributed by atoms with E-state index in [1.807, 2.05) is 12.1 Å². The lowest BCUT2D eigenvalue weighted by Gasteiger charge is -2.26. The topological polar surface area (TPSA) is 50.1 Å². The predicted octanol–water partition coefficient (Wildman–Crippen LogP) is 3.62. The molecule has 1 aliphatic carbocycles. The van der Waals surface area contributed by atoms with Crippen molar-refractivity contribution in [2.24, 2.45) is 5.92 Å². The molecular weight excluding hydrogens is 257 g/mol. The summed E-state index contributed by atoms with van der Waals surface area (Å²) in [5.41, 5.74) is 0.373. The van der Waals surface area contributed by atoms with Gasteiger partial charge in [-0.05, 0) is 55.9 Å². The summed E-state index contributed by atoms with van der Waals surface area (Å²) < 4.78 is 18.2. The molecule has 0 heterocycles. The summed E-state index contributed by atoms with van der Waals surface area (Å²) in [6.45, 7) is 0. The SMILES string of the molecule is N#C/C=C/[C@H]1CC[C@H](OC(=O)c2ccc(F)cc2)CC1. The van der Waals surface area contributed by atoms with E-state index in [-0.39, 0.29) is 11.9 Å². The van der Waals surface area contributed by atoms with E-state index in [9.17, 15) is 9.18 Å². The number of nitriles is 1. The zero-order valence-corrected chi connectivity index (χ0v) is 11.1. The van der Waals surface area contributed by atoms with E-state index in [0.29, 0.717) is 11.5 Å². The Balaban J connectivity index is 1.83. The minimum atomic E-state index is -0.402. The Hall–Kier alpha value is -2.15. The molecule has 1 aliphatic rings. The van der Waals surface area contributed by atoms with E-state index in [1.165, 1.54) is 30.3 Å². The molecule has 0 amide bonds. The summed E-state index contributed by atoms with van der Waals surface area (Å²) in [5.74, 6) is -0.372. The van der Waals surface area contributed by atoms with E-state index in [1.54, 1.807) is 0 Å². The van der Waals surface area contributed by atoms with Crippen LogP contribution in [0.15, 0.2) is 36.4 Å². The lowest BCUT2D eigenvalue weighted by molar-refractivity contribution is 0.0185. The average molecular weight is 273 g/mol. The maximum atomic E-state index is 12.8. The summed E-state index contributed by atoms with van der Waals surface area (Å²) in [6, 6.07) is 7.35. The van der Waals surface area contributed by atoms with Crippen LogP contribution < -0.4 is 0 Å². The van der Waals surface area contributed by atoms with Gasteiger partial charge in [-0.2, -0.15) is 5.26 Å². The van der Waals surface area contributed by atoms with Gasteiger partial charge in [-0.15, -0.1) is 0 Å². The molecule has 1 aromatic carbocycles. The highest BCUT2D eigenvalue weighted by molar-refractivity contribution is 5.89. The number of hydrogen-bond donors (Lipinski definition) is 0. The minimum Gasteiger partial charge on any atom is -0.459 e. The summed E-state index contributed by atoms with van der Waals surface area (Å²) in [7, 11) is 0. The fourth-order valence-corrected chi connectivity index (χ4v) is 2.38. The number of halogens is 1. The Labute approximate surface area is 117 Å². The van der Waals surface area contributed by atoms with Crippen molar-refractivity contribution in [2.75, 3.05) is 0 Å². The highest BCUT2D eigenvalue weighted by atomic mass is 19.1. The fraction of sp³-hybridized carbons (Fsp3) is 0.375. The fourth-order valence-electron chi connectivity index (χ4n) is 2.38. The zero-order valence-electron chi connectivity index (χ0n) is 11.1. The van der Waals surface area contributed by atoms with Crippen molar-refractivity contribution >= 4 is 5.97 Å². The highest BCUT2D eigenvalue weighted by Crippen LogP contribution is 2.27. The maximum Gasteiger partial charge on any atom is 0.338 e. The second kappa shape index (κ2) is 6.85. The molecule has 104 valence electrons. The number of nitrogens with zero attached hydrogens (tertiary/aromatic N) is 1. The molecule has 0 aromatic heterocycles. The van der Waals surface area contributed by atoms with Crippen LogP contribution >= 0.6 is 0 Å². The van der Waals surface area contributed by atoms with Gasteiger partial charge >= 0.3 is 5.97 Å². The van der Waals surface area contributed by atoms with Crippen molar-refractivity contribution in [1.29, 1.82) is 5.26 Å². The second-order valence-electron chi connectivity index (χ2n) is 4.94. The molecule has 0 atom stereocenters. The van der Waals surface area contributed by atoms with Gasteiger partial charge in [-0.3, -0.25) is 0 Å². The summed E-state index contributed by atoms with van der Waals surface area (Å²) in [4.78, 5) is 11.9. The Bertz CT molecular complexity index is 522. The molecule has 0 aliphatic heterocycles. The summed E-state index contributed by atoms with van der Waals surface area (Å²) >= 11 is 0. The zero-order chi connectivity index (χ0) is 14.4. The Morgan fingerprint density at radius 2 is 1.90 bits per heavy atom. The third kappa shape index (κ3) is 3.92. The lowest BCUT2D eigenvalue weighted by Crippen LogP contribution is -2.24. The Morgan fingerprint density at radius 3 is 2.50 bits per heavy atom. The van der Waals surface area contributed by atoms with Crippen LogP contribution in [0.4, 0.5) is 4.39 Å². The first-order valence-corrected chi connectivity index (χ1v) is 6.72. The predicted molar refractivity (Wildman–Crippen MR) is 72.3 cm³/mol. The number of benzene rings is 1. The number of carbonyl (C=O) groups is 1. The number of ether oxygens (including phenoxy) is 1. The van der Waals surface area contributed by atoms with Crippen molar-refractivity contribution in [3.8, 4) is 6.07 Å². The first kappa shape index (κ1) is 14.3. The molecule has 1 saturated carbocycles. The van der Waals surface area contributed by atoms with E-state index < -0.39 is 5.97 Å². The first-order chi connectivity index (χ1) is 9.69. The van der Waals surface area contributed by atoms with Gasteiger partial charge in [0.15, 0.2) is 0 Å². The van der Waals surface area contributed by atoms with Gasteiger partial charge in [0.2, 0.25) is 0 Å². The molecule has 0 radical (unpaired) electrons. The van der Waals surface area contributed by atoms with Crippen LogP contribution in [-0.4, -0.2) is 12.1 Å². The van der Waals surface area contributed by atoms with Crippen molar-refractivity contribution < 1.29 is 13.9 Å². The molecule has 0 bridgehead atoms. The number of carbonyl (C=O) groups excluding carboxylic acids is 1. The average Bonchev–Trinajstić information content (AvgIpc) is 2.47. The van der Waals surface area contributed by atoms with Crippen LogP contribution in [0.1, 0.15) is 36.0 Å². The Morgan fingerprint density at radius 1 is 1.25 bits per heavy atom. The minimum absolute atomic E-state index is 0.0840. The number of rotatable bonds is 3. The van der Waals surface area contributed by atoms with Crippen LogP contribution in [0.3, 0.4) is 0 Å². The van der Waals surface area contributed by atoms with Gasteiger partial charge in [-0.1, -0.05) is 6.08 Å². The normalized spacial score (nSPS) is 22.4. The molecule has 0 N–H and O–H groups in total. The van der Waals surface area contributed by atoms with Gasteiger partial charge in [0.25, 0.3) is 0 Å². The van der Waals surface area contributed by atoms with Crippen LogP contribution in [0.2, 0.25) is 0 Å². The van der Waals surface area contributed by atoms with Crippen molar-refractivity contribution in [2.45, 2.75) is 31.8 Å². The maximum absolute atomic E-state index is 12.8. The molecular formula is C16H16FNO2. The number of hydrogen-bond acceptors (Lipinski definition) is 3. The molecule has 1 aromatic rings. The molecule has 20 heavy (non-hydrogen) atoms. The molecule has 4 heteroatoms. The van der Waals surface area contributed by atoms with E-state index in [4.69, 9.17) is 10.00 Å². The smallest absolute Gasteiger partial charge is 0.338 e. The van der Waals surface area contributed by atoms with Crippen LogP contribution in [0.25, 0.3) is 0 Å². The molecule has 0 spiro atoms. The quantitative estimate of drug-likeness (QED) is 0.624. The number of esters is 1. The van der Waals surface area contributed by atoms with E-state index in [0.717, 1.165) is 25.7 Å². The number of allylic oxidation sites excluding steroid dienone is 2. The largest absolute Gasteiger partial charge is 0.459 e. The highest BCUT2D eigenvalue weighted by Gasteiger charge is 2.23. The Kier molecular flexibility index (Phi) is 4.89. The van der Waals surface area contributed by atoms with Crippen LogP contribution in [-0.2, 0) is 4.74 Å². The second-order valence-corrected chi connectivity index (χ2v) is 4.94. The molecule has 0 unspecified atom stereocenters. The third-order valence-electron chi connectivity index (χ3n) is 3.52. The van der Waals surface area contributed by atoms with Crippen LogP contribution in [0, 0.1) is 23.1 Å². The molecule has 0 saturated heterocycles. The van der Waals surface area contributed by atoms with Gasteiger partial charge in [0.1, 0.15) is 11.9 Å². The molecule has 3 nitrogen and oxygen atoms in total. The van der Waals surface area contributed by atoms with Gasteiger partial charge in [-0.25, -0.2) is 9.18 Å². The van der Waals surface area contributed by atoms with Crippen molar-refractivity contribution in [3.05, 3.63) is 47.8 Å². The monoisotopic (exact) mass is 273 g/mol. The first-order valence-electron chi connectivity index (χ1n) is 6.72. The van der Waals surface area contributed by atoms with Crippen molar-refractivity contribution in [1.82, 2.24) is 0 Å². The van der Waals surface area contributed by atoms with Gasteiger partial charge in [0, 0.05) is 6.08 Å². The summed E-state index contributed by atoms with van der Waals surface area (Å²) in [5, 5.41) is 8.48. The molecule has 2 rings (SSSR count).